The van der Waals surface area contributed by atoms with Crippen molar-refractivity contribution < 1.29 is 13.2 Å². The highest BCUT2D eigenvalue weighted by atomic mass is 35.5. The average molecular weight is 268 g/mol. The van der Waals surface area contributed by atoms with Gasteiger partial charge >= 0.3 is 0 Å². The van der Waals surface area contributed by atoms with E-state index in [2.05, 4.69) is 14.9 Å². The fraction of sp³-hybridized carbons (Fsp3) is 0.625. The van der Waals surface area contributed by atoms with Gasteiger partial charge in [0, 0.05) is 19.0 Å². The van der Waals surface area contributed by atoms with Gasteiger partial charge < -0.3 is 4.74 Å². The third kappa shape index (κ3) is 3.75. The van der Waals surface area contributed by atoms with Crippen molar-refractivity contribution in [1.82, 2.24) is 14.9 Å². The molecular weight excluding hydrogens is 254 g/mol. The van der Waals surface area contributed by atoms with E-state index in [-0.39, 0.29) is 17.7 Å². The normalized spacial score (nSPS) is 13.9. The van der Waals surface area contributed by atoms with E-state index in [4.69, 9.17) is 16.3 Å². The van der Waals surface area contributed by atoms with Crippen LogP contribution in [0.15, 0.2) is 17.3 Å². The van der Waals surface area contributed by atoms with Crippen molar-refractivity contribution in [3.05, 3.63) is 12.3 Å². The molecule has 0 fully saturated rings. The van der Waals surface area contributed by atoms with Crippen molar-refractivity contribution in [3.63, 3.8) is 0 Å². The summed E-state index contributed by atoms with van der Waals surface area (Å²) in [6, 6.07) is 1.04. The van der Waals surface area contributed by atoms with E-state index in [1.54, 1.807) is 0 Å². The molecule has 6 nitrogen and oxygen atoms in total. The maximum atomic E-state index is 11.8. The molecule has 0 aromatic carbocycles. The number of aromatic amines is 1. The fourth-order valence-corrected chi connectivity index (χ4v) is 2.61. The average Bonchev–Trinajstić information content (AvgIpc) is 2.71. The molecule has 1 aromatic heterocycles. The predicted octanol–water partition coefficient (Wildman–Crippen LogP) is 0.332. The Morgan fingerprint density at radius 1 is 1.69 bits per heavy atom. The maximum Gasteiger partial charge on any atom is 0.257 e. The summed E-state index contributed by atoms with van der Waals surface area (Å²) in [5.41, 5.74) is 0. The number of rotatable bonds is 7. The van der Waals surface area contributed by atoms with E-state index in [1.807, 2.05) is 0 Å². The van der Waals surface area contributed by atoms with Crippen LogP contribution < -0.4 is 4.72 Å². The lowest BCUT2D eigenvalue weighted by atomic mass is 10.3. The Hall–Kier alpha value is -0.630. The molecule has 1 rings (SSSR count). The van der Waals surface area contributed by atoms with E-state index in [0.29, 0.717) is 12.3 Å². The molecule has 0 saturated heterocycles. The zero-order chi connectivity index (χ0) is 12.0. The molecule has 92 valence electrons. The van der Waals surface area contributed by atoms with Crippen LogP contribution >= 0.6 is 11.6 Å². The van der Waals surface area contributed by atoms with Gasteiger partial charge in [0.2, 0.25) is 0 Å². The molecule has 0 amide bonds. The molecular formula is C8H14ClN3O3S. The molecule has 0 radical (unpaired) electrons. The lowest BCUT2D eigenvalue weighted by Gasteiger charge is -2.15. The Kier molecular flexibility index (Phi) is 5.20. The van der Waals surface area contributed by atoms with Crippen LogP contribution in [-0.4, -0.2) is 44.3 Å². The minimum atomic E-state index is -3.57. The molecule has 8 heteroatoms. The van der Waals surface area contributed by atoms with Crippen LogP contribution in [0, 0.1) is 0 Å². The van der Waals surface area contributed by atoms with E-state index in [1.165, 1.54) is 19.4 Å². The molecule has 1 unspecified atom stereocenters. The minimum Gasteiger partial charge on any atom is -0.383 e. The van der Waals surface area contributed by atoms with Crippen molar-refractivity contribution in [2.45, 2.75) is 17.5 Å². The van der Waals surface area contributed by atoms with Crippen molar-refractivity contribution >= 4 is 21.6 Å². The second-order valence-electron chi connectivity index (χ2n) is 3.17. The van der Waals surface area contributed by atoms with E-state index < -0.39 is 10.0 Å². The summed E-state index contributed by atoms with van der Waals surface area (Å²) in [5, 5.41) is 6.01. The summed E-state index contributed by atoms with van der Waals surface area (Å²) < 4.78 is 30.9. The summed E-state index contributed by atoms with van der Waals surface area (Å²) >= 11 is 5.58. The standard InChI is InChI=1S/C8H14ClN3O3S/c1-15-6-7(2-4-9)12-16(13,14)8-3-5-10-11-8/h3,5,7,12H,2,4,6H2,1H3,(H,10,11). The molecule has 0 aliphatic rings. The van der Waals surface area contributed by atoms with Crippen molar-refractivity contribution in [3.8, 4) is 0 Å². The molecule has 0 saturated carbocycles. The van der Waals surface area contributed by atoms with Crippen molar-refractivity contribution in [1.29, 1.82) is 0 Å². The molecule has 0 spiro atoms. The number of nitrogens with zero attached hydrogens (tertiary/aromatic N) is 1. The second kappa shape index (κ2) is 6.19. The van der Waals surface area contributed by atoms with Gasteiger partial charge in [0.05, 0.1) is 12.8 Å². The van der Waals surface area contributed by atoms with E-state index >= 15 is 0 Å². The van der Waals surface area contributed by atoms with Gasteiger partial charge in [-0.1, -0.05) is 0 Å². The molecule has 1 atom stereocenters. The monoisotopic (exact) mass is 267 g/mol. The van der Waals surface area contributed by atoms with Gasteiger partial charge in [0.25, 0.3) is 10.0 Å². The predicted molar refractivity (Wildman–Crippen MR) is 59.9 cm³/mol. The highest BCUT2D eigenvalue weighted by molar-refractivity contribution is 7.89. The first-order chi connectivity index (χ1) is 7.60. The number of alkyl halides is 1. The number of aromatic nitrogens is 2. The molecule has 16 heavy (non-hydrogen) atoms. The van der Waals surface area contributed by atoms with Crippen LogP contribution in [0.2, 0.25) is 0 Å². The van der Waals surface area contributed by atoms with Crippen LogP contribution in [0.3, 0.4) is 0 Å². The zero-order valence-corrected chi connectivity index (χ0v) is 10.4. The van der Waals surface area contributed by atoms with Gasteiger partial charge in [-0.25, -0.2) is 13.1 Å². The topological polar surface area (TPSA) is 84.1 Å². The van der Waals surface area contributed by atoms with Crippen LogP contribution in [0.1, 0.15) is 6.42 Å². The smallest absolute Gasteiger partial charge is 0.257 e. The van der Waals surface area contributed by atoms with Crippen LogP contribution in [-0.2, 0) is 14.8 Å². The van der Waals surface area contributed by atoms with Crippen LogP contribution in [0.25, 0.3) is 0 Å². The Bertz CT molecular complexity index is 387. The molecule has 2 N–H and O–H groups in total. The number of H-pyrrole nitrogens is 1. The number of sulfonamides is 1. The summed E-state index contributed by atoms with van der Waals surface area (Å²) in [7, 11) is -2.06. The summed E-state index contributed by atoms with van der Waals surface area (Å²) in [4.78, 5) is 0. The van der Waals surface area contributed by atoms with Gasteiger partial charge in [-0.3, -0.25) is 5.10 Å². The first-order valence-corrected chi connectivity index (χ1v) is 6.68. The first kappa shape index (κ1) is 13.4. The quantitative estimate of drug-likeness (QED) is 0.698. The Labute approximate surface area is 99.4 Å². The van der Waals surface area contributed by atoms with Gasteiger partial charge in [-0.05, 0) is 12.5 Å². The second-order valence-corrected chi connectivity index (χ2v) is 5.23. The number of ether oxygens (including phenoxy) is 1. The molecule has 1 heterocycles. The van der Waals surface area contributed by atoms with E-state index in [9.17, 15) is 8.42 Å². The molecule has 1 aromatic rings. The maximum absolute atomic E-state index is 11.8. The lowest BCUT2D eigenvalue weighted by molar-refractivity contribution is 0.173. The SMILES string of the molecule is COCC(CCCl)NS(=O)(=O)c1ccn[nH]1. The van der Waals surface area contributed by atoms with Gasteiger partial charge in [-0.15, -0.1) is 11.6 Å². The van der Waals surface area contributed by atoms with Crippen LogP contribution in [0.4, 0.5) is 0 Å². The van der Waals surface area contributed by atoms with E-state index in [0.717, 1.165) is 0 Å². The summed E-state index contributed by atoms with van der Waals surface area (Å²) in [6.07, 6.45) is 1.88. The number of nitrogens with one attached hydrogen (secondary N) is 2. The third-order valence-electron chi connectivity index (χ3n) is 1.91. The first-order valence-electron chi connectivity index (χ1n) is 4.66. The number of hydrogen-bond donors (Lipinski definition) is 2. The Morgan fingerprint density at radius 3 is 2.94 bits per heavy atom. The Morgan fingerprint density at radius 2 is 2.44 bits per heavy atom. The lowest BCUT2D eigenvalue weighted by Crippen LogP contribution is -2.38. The molecule has 0 bridgehead atoms. The van der Waals surface area contributed by atoms with Gasteiger partial charge in [-0.2, -0.15) is 5.10 Å². The van der Waals surface area contributed by atoms with Gasteiger partial charge in [0.1, 0.15) is 0 Å². The van der Waals surface area contributed by atoms with Crippen molar-refractivity contribution in [2.75, 3.05) is 19.6 Å². The van der Waals surface area contributed by atoms with Crippen molar-refractivity contribution in [2.24, 2.45) is 0 Å². The highest BCUT2D eigenvalue weighted by Crippen LogP contribution is 2.06. The molecule has 0 aliphatic carbocycles. The van der Waals surface area contributed by atoms with Crippen LogP contribution in [0.5, 0.6) is 0 Å². The fourth-order valence-electron chi connectivity index (χ4n) is 1.18. The summed E-state index contributed by atoms with van der Waals surface area (Å²) in [5.74, 6) is 0.361. The number of hydrogen-bond acceptors (Lipinski definition) is 4. The minimum absolute atomic E-state index is 0.0307. The Balaban J connectivity index is 2.70. The number of methoxy groups -OCH3 is 1. The molecule has 0 aliphatic heterocycles. The summed E-state index contributed by atoms with van der Waals surface area (Å²) in [6.45, 7) is 0.278. The zero-order valence-electron chi connectivity index (χ0n) is 8.81. The number of halogens is 1. The van der Waals surface area contributed by atoms with Gasteiger partial charge in [0.15, 0.2) is 5.03 Å². The highest BCUT2D eigenvalue weighted by Gasteiger charge is 2.20. The third-order valence-corrected chi connectivity index (χ3v) is 3.58. The largest absolute Gasteiger partial charge is 0.383 e.